The first-order chi connectivity index (χ1) is 11.4. The van der Waals surface area contributed by atoms with Crippen molar-refractivity contribution in [2.24, 2.45) is 0 Å². The average Bonchev–Trinajstić information content (AvgIpc) is 2.73. The Morgan fingerprint density at radius 2 is 1.88 bits per heavy atom. The van der Waals surface area contributed by atoms with E-state index in [1.807, 2.05) is 0 Å². The molecule has 6 nitrogen and oxygen atoms in total. The lowest BCUT2D eigenvalue weighted by molar-refractivity contribution is -0.139. The second kappa shape index (κ2) is 6.45. The maximum atomic E-state index is 12.8. The molecule has 2 rings (SSSR count). The molecule has 0 saturated carbocycles. The van der Waals surface area contributed by atoms with Crippen molar-refractivity contribution in [1.29, 1.82) is 0 Å². The Labute approximate surface area is 142 Å². The number of pyridine rings is 1. The van der Waals surface area contributed by atoms with Crippen LogP contribution < -0.4 is 10.9 Å². The Balaban J connectivity index is 2.54. The maximum Gasteiger partial charge on any atom is 0.412 e. The van der Waals surface area contributed by atoms with Crippen molar-refractivity contribution in [3.63, 3.8) is 0 Å². The number of nitrogens with zero attached hydrogens (tertiary/aromatic N) is 2. The van der Waals surface area contributed by atoms with Gasteiger partial charge in [0.2, 0.25) is 0 Å². The zero-order chi connectivity index (χ0) is 19.0. The lowest BCUT2D eigenvalue weighted by Crippen LogP contribution is -2.27. The summed E-state index contributed by atoms with van der Waals surface area (Å²) in [6.45, 7) is 5.79. The van der Waals surface area contributed by atoms with Gasteiger partial charge >= 0.3 is 12.3 Å². The number of anilines is 1. The quantitative estimate of drug-likeness (QED) is 0.908. The van der Waals surface area contributed by atoms with Gasteiger partial charge in [0, 0.05) is 18.9 Å². The molecule has 25 heavy (non-hydrogen) atoms. The molecule has 0 aliphatic carbocycles. The number of hydrogen-bond acceptors (Lipinski definition) is 3. The predicted octanol–water partition coefficient (Wildman–Crippen LogP) is 3.73. The van der Waals surface area contributed by atoms with E-state index in [0.717, 1.165) is 10.8 Å². The van der Waals surface area contributed by atoms with Gasteiger partial charge in [-0.05, 0) is 33.8 Å². The Hall–Kier alpha value is -2.45. The second-order valence-corrected chi connectivity index (χ2v) is 6.58. The standard InChI is InChI=1S/C16H20F3N3O3/c1-5-21-7-6-11-12(13(21)23)10(8-22(11)9-16(17,18)19)20-14(24)25-15(2,3)4/h6-8H,5,9H2,1-4H3,(H,20,24). The van der Waals surface area contributed by atoms with Crippen LogP contribution in [0.4, 0.5) is 23.7 Å². The largest absolute Gasteiger partial charge is 0.444 e. The van der Waals surface area contributed by atoms with Crippen LogP contribution in [0.15, 0.2) is 23.3 Å². The molecule has 0 atom stereocenters. The van der Waals surface area contributed by atoms with Gasteiger partial charge in [0.05, 0.1) is 16.6 Å². The van der Waals surface area contributed by atoms with E-state index in [1.54, 1.807) is 27.7 Å². The predicted molar refractivity (Wildman–Crippen MR) is 87.8 cm³/mol. The van der Waals surface area contributed by atoms with Crippen LogP contribution in [0.3, 0.4) is 0 Å². The van der Waals surface area contributed by atoms with E-state index in [2.05, 4.69) is 5.32 Å². The number of ether oxygens (including phenoxy) is 1. The van der Waals surface area contributed by atoms with E-state index in [-0.39, 0.29) is 16.6 Å². The van der Waals surface area contributed by atoms with Crippen LogP contribution in [0.2, 0.25) is 0 Å². The van der Waals surface area contributed by atoms with Crippen LogP contribution in [0.1, 0.15) is 27.7 Å². The van der Waals surface area contributed by atoms with Crippen molar-refractivity contribution in [3.05, 3.63) is 28.8 Å². The molecule has 0 aliphatic heterocycles. The molecule has 2 aromatic rings. The number of amides is 1. The van der Waals surface area contributed by atoms with Gasteiger partial charge in [0.15, 0.2) is 0 Å². The number of fused-ring (bicyclic) bond motifs is 1. The highest BCUT2D eigenvalue weighted by Crippen LogP contribution is 2.27. The van der Waals surface area contributed by atoms with E-state index >= 15 is 0 Å². The summed E-state index contributed by atoms with van der Waals surface area (Å²) < 4.78 is 45.7. The number of aryl methyl sites for hydroxylation is 1. The van der Waals surface area contributed by atoms with Gasteiger partial charge in [-0.1, -0.05) is 0 Å². The van der Waals surface area contributed by atoms with E-state index < -0.39 is 30.0 Å². The first-order valence-corrected chi connectivity index (χ1v) is 7.70. The molecule has 138 valence electrons. The molecule has 1 amide bonds. The lowest BCUT2D eigenvalue weighted by Gasteiger charge is -2.19. The minimum absolute atomic E-state index is 0.0127. The highest BCUT2D eigenvalue weighted by molar-refractivity contribution is 5.99. The van der Waals surface area contributed by atoms with Crippen LogP contribution in [0.25, 0.3) is 10.9 Å². The number of carbonyl (C=O) groups excluding carboxylic acids is 1. The van der Waals surface area contributed by atoms with Gasteiger partial charge in [0.1, 0.15) is 12.1 Å². The highest BCUT2D eigenvalue weighted by Gasteiger charge is 2.30. The van der Waals surface area contributed by atoms with Gasteiger partial charge in [-0.2, -0.15) is 13.2 Å². The molecule has 2 aromatic heterocycles. The molecule has 0 radical (unpaired) electrons. The molecule has 0 unspecified atom stereocenters. The molecular weight excluding hydrogens is 339 g/mol. The summed E-state index contributed by atoms with van der Waals surface area (Å²) in [6, 6.07) is 1.42. The topological polar surface area (TPSA) is 65.3 Å². The van der Waals surface area contributed by atoms with Gasteiger partial charge < -0.3 is 13.9 Å². The molecule has 0 spiro atoms. The molecule has 0 aromatic carbocycles. The fraction of sp³-hybridized carbons (Fsp3) is 0.500. The fourth-order valence-corrected chi connectivity index (χ4v) is 2.43. The van der Waals surface area contributed by atoms with Gasteiger partial charge in [0.25, 0.3) is 5.56 Å². The third kappa shape index (κ3) is 4.55. The highest BCUT2D eigenvalue weighted by atomic mass is 19.4. The van der Waals surface area contributed by atoms with Gasteiger partial charge in [-0.3, -0.25) is 10.1 Å². The number of carbonyl (C=O) groups is 1. The Morgan fingerprint density at radius 3 is 2.40 bits per heavy atom. The van der Waals surface area contributed by atoms with Crippen molar-refractivity contribution < 1.29 is 22.7 Å². The molecular formula is C16H20F3N3O3. The smallest absolute Gasteiger partial charge is 0.412 e. The molecule has 2 heterocycles. The first kappa shape index (κ1) is 18.9. The SMILES string of the molecule is CCn1ccc2c(c(NC(=O)OC(C)(C)C)cn2CC(F)(F)F)c1=O. The molecule has 1 N–H and O–H groups in total. The fourth-order valence-electron chi connectivity index (χ4n) is 2.43. The van der Waals surface area contributed by atoms with Crippen LogP contribution in [0.5, 0.6) is 0 Å². The van der Waals surface area contributed by atoms with Crippen LogP contribution in [-0.4, -0.2) is 27.0 Å². The van der Waals surface area contributed by atoms with E-state index in [4.69, 9.17) is 4.74 Å². The summed E-state index contributed by atoms with van der Waals surface area (Å²) >= 11 is 0. The van der Waals surface area contributed by atoms with Gasteiger partial charge in [-0.15, -0.1) is 0 Å². The number of nitrogens with one attached hydrogen (secondary N) is 1. The number of aromatic nitrogens is 2. The first-order valence-electron chi connectivity index (χ1n) is 7.70. The lowest BCUT2D eigenvalue weighted by atomic mass is 10.2. The van der Waals surface area contributed by atoms with E-state index in [0.29, 0.717) is 6.54 Å². The van der Waals surface area contributed by atoms with Crippen molar-refractivity contribution in [2.75, 3.05) is 5.32 Å². The summed E-state index contributed by atoms with van der Waals surface area (Å²) in [6.07, 6.45) is -2.78. The van der Waals surface area contributed by atoms with Crippen molar-refractivity contribution >= 4 is 22.7 Å². The molecule has 0 bridgehead atoms. The van der Waals surface area contributed by atoms with Crippen LogP contribution >= 0.6 is 0 Å². The Kier molecular flexibility index (Phi) is 4.87. The van der Waals surface area contributed by atoms with Crippen molar-refractivity contribution in [1.82, 2.24) is 9.13 Å². The second-order valence-electron chi connectivity index (χ2n) is 6.58. The minimum Gasteiger partial charge on any atom is -0.444 e. The number of alkyl halides is 3. The number of halogens is 3. The number of hydrogen-bond donors (Lipinski definition) is 1. The molecule has 0 fully saturated rings. The summed E-state index contributed by atoms with van der Waals surface area (Å²) in [5.41, 5.74) is -1.18. The third-order valence-corrected chi connectivity index (χ3v) is 3.33. The molecule has 0 saturated heterocycles. The number of rotatable bonds is 3. The summed E-state index contributed by atoms with van der Waals surface area (Å²) in [5, 5.41) is 2.39. The van der Waals surface area contributed by atoms with Gasteiger partial charge in [-0.25, -0.2) is 4.79 Å². The van der Waals surface area contributed by atoms with Crippen LogP contribution in [0, 0.1) is 0 Å². The van der Waals surface area contributed by atoms with E-state index in [9.17, 15) is 22.8 Å². The zero-order valence-electron chi connectivity index (χ0n) is 14.4. The van der Waals surface area contributed by atoms with Crippen molar-refractivity contribution in [3.8, 4) is 0 Å². The minimum atomic E-state index is -4.46. The van der Waals surface area contributed by atoms with Crippen LogP contribution in [-0.2, 0) is 17.8 Å². The summed E-state index contributed by atoms with van der Waals surface area (Å²) in [4.78, 5) is 24.5. The molecule has 9 heteroatoms. The third-order valence-electron chi connectivity index (χ3n) is 3.33. The Bertz CT molecular complexity index is 844. The van der Waals surface area contributed by atoms with E-state index in [1.165, 1.54) is 16.8 Å². The monoisotopic (exact) mass is 359 g/mol. The summed E-state index contributed by atoms with van der Waals surface area (Å²) in [5.74, 6) is 0. The summed E-state index contributed by atoms with van der Waals surface area (Å²) in [7, 11) is 0. The Morgan fingerprint density at radius 1 is 1.24 bits per heavy atom. The zero-order valence-corrected chi connectivity index (χ0v) is 14.4. The van der Waals surface area contributed by atoms with Crippen molar-refractivity contribution in [2.45, 2.75) is 52.6 Å². The average molecular weight is 359 g/mol. The molecule has 0 aliphatic rings. The normalized spacial score (nSPS) is 12.4. The maximum absolute atomic E-state index is 12.8.